The van der Waals surface area contributed by atoms with Crippen LogP contribution in [-0.4, -0.2) is 19.7 Å². The average molecular weight is 321 g/mol. The molecule has 0 aliphatic heterocycles. The van der Waals surface area contributed by atoms with Crippen molar-refractivity contribution >= 4 is 27.6 Å². The molecule has 2 aromatic carbocycles. The average Bonchev–Trinajstić information content (AvgIpc) is 2.94. The van der Waals surface area contributed by atoms with Crippen molar-refractivity contribution in [1.29, 1.82) is 0 Å². The maximum Gasteiger partial charge on any atom is 0.329 e. The molecule has 24 heavy (non-hydrogen) atoms. The van der Waals surface area contributed by atoms with Crippen molar-refractivity contribution in [2.24, 2.45) is 0 Å². The quantitative estimate of drug-likeness (QED) is 0.522. The summed E-state index contributed by atoms with van der Waals surface area (Å²) in [5.74, 6) is 0.320. The highest BCUT2D eigenvalue weighted by Gasteiger charge is 2.16. The van der Waals surface area contributed by atoms with Gasteiger partial charge in [-0.1, -0.05) is 30.3 Å². The van der Waals surface area contributed by atoms with Crippen molar-refractivity contribution in [1.82, 2.24) is 19.7 Å². The number of nitrogens with zero attached hydrogens (tertiary/aromatic N) is 2. The lowest BCUT2D eigenvalue weighted by Crippen LogP contribution is -2.37. The van der Waals surface area contributed by atoms with E-state index in [-0.39, 0.29) is 11.6 Å². The topological polar surface area (TPSA) is 110 Å². The van der Waals surface area contributed by atoms with Gasteiger partial charge in [0.05, 0.1) is 22.5 Å². The van der Waals surface area contributed by atoms with Gasteiger partial charge in [0.2, 0.25) is 0 Å². The Kier molecular flexibility index (Phi) is 3.02. The number of hydrogen-bond donors (Lipinski definition) is 3. The Morgan fingerprint density at radius 3 is 2.58 bits per heavy atom. The molecule has 1 atom stereocenters. The van der Waals surface area contributed by atoms with Gasteiger partial charge in [0, 0.05) is 5.39 Å². The summed E-state index contributed by atoms with van der Waals surface area (Å²) in [6.45, 7) is 1.82. The fourth-order valence-corrected chi connectivity index (χ4v) is 2.99. The molecule has 4 rings (SSSR count). The van der Waals surface area contributed by atoms with Crippen LogP contribution in [0, 0.1) is 0 Å². The van der Waals surface area contributed by atoms with Crippen LogP contribution < -0.4 is 17.0 Å². The van der Waals surface area contributed by atoms with Crippen LogP contribution in [0.25, 0.3) is 21.8 Å². The summed E-state index contributed by atoms with van der Waals surface area (Å²) in [6, 6.07) is 12.4. The number of hydrogen-bond acceptors (Lipinski definition) is 4. The highest BCUT2D eigenvalue weighted by atomic mass is 16.2. The van der Waals surface area contributed by atoms with Crippen LogP contribution in [-0.2, 0) is 0 Å². The summed E-state index contributed by atoms with van der Waals surface area (Å²) in [7, 11) is 0. The lowest BCUT2D eigenvalue weighted by molar-refractivity contribution is 0.585. The van der Waals surface area contributed by atoms with Gasteiger partial charge in [0.1, 0.15) is 0 Å². The fraction of sp³-hybridized carbons (Fsp3) is 0.118. The molecule has 0 aliphatic rings. The maximum atomic E-state index is 12.9. The van der Waals surface area contributed by atoms with Crippen molar-refractivity contribution in [3.05, 3.63) is 68.9 Å². The lowest BCUT2D eigenvalue weighted by Gasteiger charge is -2.15. The van der Waals surface area contributed by atoms with E-state index in [0.29, 0.717) is 27.6 Å². The van der Waals surface area contributed by atoms with E-state index in [1.165, 1.54) is 4.57 Å². The summed E-state index contributed by atoms with van der Waals surface area (Å²) in [5, 5.41) is 7.76. The molecular formula is C17H15N5O2. The molecule has 1 unspecified atom stereocenters. The van der Waals surface area contributed by atoms with Gasteiger partial charge in [0.25, 0.3) is 5.56 Å². The first-order chi connectivity index (χ1) is 11.6. The minimum absolute atomic E-state index is 0.320. The first kappa shape index (κ1) is 14.3. The van der Waals surface area contributed by atoms with Gasteiger partial charge in [-0.15, -0.1) is 0 Å². The van der Waals surface area contributed by atoms with Crippen LogP contribution in [0.1, 0.15) is 18.5 Å². The standard InChI is InChI=1S/C17H15N5O2/c1-9(10-5-3-2-4-6-10)22-16(23)12-7-11-14(20-21-15(11)18)8-13(12)19-17(22)24/h2-9H,1H3,(H,19,24)(H3,18,20,21). The minimum Gasteiger partial charge on any atom is -0.382 e. The van der Waals surface area contributed by atoms with Crippen LogP contribution in [0.2, 0.25) is 0 Å². The second-order valence-corrected chi connectivity index (χ2v) is 5.74. The van der Waals surface area contributed by atoms with Crippen LogP contribution >= 0.6 is 0 Å². The molecule has 4 aromatic rings. The number of aromatic nitrogens is 4. The van der Waals surface area contributed by atoms with E-state index >= 15 is 0 Å². The Balaban J connectivity index is 2.03. The summed E-state index contributed by atoms with van der Waals surface area (Å²) in [6.07, 6.45) is 0. The highest BCUT2D eigenvalue weighted by molar-refractivity contribution is 5.99. The van der Waals surface area contributed by atoms with Crippen LogP contribution in [0.4, 0.5) is 5.82 Å². The Hall–Kier alpha value is -3.35. The molecule has 7 heteroatoms. The van der Waals surface area contributed by atoms with Gasteiger partial charge in [0.15, 0.2) is 5.82 Å². The monoisotopic (exact) mass is 321 g/mol. The Morgan fingerprint density at radius 2 is 1.83 bits per heavy atom. The number of H-pyrrole nitrogens is 2. The van der Waals surface area contributed by atoms with Crippen molar-refractivity contribution in [2.45, 2.75) is 13.0 Å². The molecular weight excluding hydrogens is 306 g/mol. The smallest absolute Gasteiger partial charge is 0.329 e. The Morgan fingerprint density at radius 1 is 1.08 bits per heavy atom. The molecule has 4 N–H and O–H groups in total. The molecule has 0 saturated carbocycles. The van der Waals surface area contributed by atoms with Crippen molar-refractivity contribution < 1.29 is 0 Å². The van der Waals surface area contributed by atoms with Crippen molar-refractivity contribution in [3.63, 3.8) is 0 Å². The van der Waals surface area contributed by atoms with E-state index in [2.05, 4.69) is 15.2 Å². The second-order valence-electron chi connectivity index (χ2n) is 5.74. The normalized spacial score (nSPS) is 12.7. The molecule has 2 aromatic heterocycles. The van der Waals surface area contributed by atoms with Gasteiger partial charge in [-0.2, -0.15) is 5.10 Å². The molecule has 0 radical (unpaired) electrons. The molecule has 0 bridgehead atoms. The number of nitrogens with one attached hydrogen (secondary N) is 2. The van der Waals surface area contributed by atoms with Crippen LogP contribution in [0.5, 0.6) is 0 Å². The van der Waals surface area contributed by atoms with E-state index in [4.69, 9.17) is 5.73 Å². The number of aromatic amines is 2. The summed E-state index contributed by atoms with van der Waals surface area (Å²) in [5.41, 5.74) is 7.02. The first-order valence-corrected chi connectivity index (χ1v) is 7.53. The summed E-state index contributed by atoms with van der Waals surface area (Å²) < 4.78 is 1.22. The zero-order chi connectivity index (χ0) is 16.8. The lowest BCUT2D eigenvalue weighted by atomic mass is 10.1. The molecule has 7 nitrogen and oxygen atoms in total. The Labute approximate surface area is 135 Å². The highest BCUT2D eigenvalue weighted by Crippen LogP contribution is 2.22. The molecule has 0 aliphatic carbocycles. The number of nitrogen functional groups attached to an aromatic ring is 1. The third kappa shape index (κ3) is 2.02. The van der Waals surface area contributed by atoms with Gasteiger partial charge in [-0.25, -0.2) is 4.79 Å². The van der Waals surface area contributed by atoms with E-state index in [1.807, 2.05) is 37.3 Å². The second kappa shape index (κ2) is 5.09. The zero-order valence-corrected chi connectivity index (χ0v) is 12.9. The molecule has 2 heterocycles. The van der Waals surface area contributed by atoms with E-state index in [1.54, 1.807) is 12.1 Å². The predicted octanol–water partition coefficient (Wildman–Crippen LogP) is 1.76. The molecule has 0 amide bonds. The van der Waals surface area contributed by atoms with Gasteiger partial charge < -0.3 is 10.7 Å². The fourth-order valence-electron chi connectivity index (χ4n) is 2.99. The molecule has 0 spiro atoms. The first-order valence-electron chi connectivity index (χ1n) is 7.53. The van der Waals surface area contributed by atoms with Crippen LogP contribution in [0.15, 0.2) is 52.1 Å². The van der Waals surface area contributed by atoms with E-state index in [9.17, 15) is 9.59 Å². The Bertz CT molecular complexity index is 1170. The van der Waals surface area contributed by atoms with E-state index < -0.39 is 5.69 Å². The zero-order valence-electron chi connectivity index (χ0n) is 12.9. The number of benzene rings is 2. The van der Waals surface area contributed by atoms with Crippen molar-refractivity contribution in [3.8, 4) is 0 Å². The number of nitrogens with two attached hydrogens (primary N) is 1. The summed E-state index contributed by atoms with van der Waals surface area (Å²) >= 11 is 0. The number of fused-ring (bicyclic) bond motifs is 2. The largest absolute Gasteiger partial charge is 0.382 e. The van der Waals surface area contributed by atoms with Gasteiger partial charge >= 0.3 is 5.69 Å². The SMILES string of the molecule is CC(c1ccccc1)n1c(=O)[nH]c2cc3[nH]nc(N)c3cc2c1=O. The third-order valence-electron chi connectivity index (χ3n) is 4.31. The summed E-state index contributed by atoms with van der Waals surface area (Å²) in [4.78, 5) is 28.1. The maximum absolute atomic E-state index is 12.9. The van der Waals surface area contributed by atoms with E-state index in [0.717, 1.165) is 5.56 Å². The molecule has 120 valence electrons. The van der Waals surface area contributed by atoms with Crippen molar-refractivity contribution in [2.75, 3.05) is 5.73 Å². The van der Waals surface area contributed by atoms with Gasteiger partial charge in [-0.3, -0.25) is 14.5 Å². The molecule has 0 fully saturated rings. The molecule has 0 saturated heterocycles. The van der Waals surface area contributed by atoms with Gasteiger partial charge in [-0.05, 0) is 24.6 Å². The minimum atomic E-state index is -0.448. The predicted molar refractivity (Wildman–Crippen MR) is 93.1 cm³/mol. The third-order valence-corrected chi connectivity index (χ3v) is 4.31. The van der Waals surface area contributed by atoms with Crippen LogP contribution in [0.3, 0.4) is 0 Å². The number of anilines is 1. The number of rotatable bonds is 2.